The van der Waals surface area contributed by atoms with Gasteiger partial charge in [-0.2, -0.15) is 0 Å². The van der Waals surface area contributed by atoms with Crippen LogP contribution in [0.25, 0.3) is 0 Å². The van der Waals surface area contributed by atoms with E-state index < -0.39 is 6.10 Å². The normalized spacial score (nSPS) is 19.8. The van der Waals surface area contributed by atoms with Gasteiger partial charge < -0.3 is 14.6 Å². The summed E-state index contributed by atoms with van der Waals surface area (Å²) in [6.45, 7) is 1.55. The lowest BCUT2D eigenvalue weighted by atomic mass is 9.83. The zero-order valence-corrected chi connectivity index (χ0v) is 8.37. The van der Waals surface area contributed by atoms with Crippen LogP contribution in [0.3, 0.4) is 0 Å². The zero-order chi connectivity index (χ0) is 9.52. The Balaban J connectivity index is 1.82. The first-order valence-corrected chi connectivity index (χ1v) is 5.07. The van der Waals surface area contributed by atoms with Gasteiger partial charge in [-0.3, -0.25) is 0 Å². The molecular weight excluding hydrogens is 168 g/mol. The van der Waals surface area contributed by atoms with Crippen molar-refractivity contribution in [1.82, 2.24) is 0 Å². The van der Waals surface area contributed by atoms with Gasteiger partial charge in [-0.05, 0) is 12.3 Å². The molecule has 1 saturated carbocycles. The molecule has 1 aliphatic carbocycles. The Morgan fingerprint density at radius 3 is 2.69 bits per heavy atom. The minimum Gasteiger partial charge on any atom is -0.388 e. The molecule has 1 aliphatic rings. The number of hydrogen-bond acceptors (Lipinski definition) is 3. The highest BCUT2D eigenvalue weighted by atomic mass is 16.5. The summed E-state index contributed by atoms with van der Waals surface area (Å²) in [7, 11) is 1.58. The molecule has 0 spiro atoms. The topological polar surface area (TPSA) is 38.7 Å². The van der Waals surface area contributed by atoms with Crippen LogP contribution in [-0.2, 0) is 9.47 Å². The number of hydrogen-bond donors (Lipinski definition) is 1. The molecule has 1 unspecified atom stereocenters. The van der Waals surface area contributed by atoms with Crippen molar-refractivity contribution in [2.75, 3.05) is 26.9 Å². The van der Waals surface area contributed by atoms with Crippen LogP contribution in [-0.4, -0.2) is 38.1 Å². The van der Waals surface area contributed by atoms with Crippen molar-refractivity contribution in [3.05, 3.63) is 0 Å². The first kappa shape index (κ1) is 11.0. The predicted molar refractivity (Wildman–Crippen MR) is 50.7 cm³/mol. The first-order valence-electron chi connectivity index (χ1n) is 5.07. The average Bonchev–Trinajstić information content (AvgIpc) is 2.01. The summed E-state index contributed by atoms with van der Waals surface area (Å²) in [6, 6.07) is 0. The van der Waals surface area contributed by atoms with Crippen LogP contribution in [0.1, 0.15) is 25.7 Å². The molecule has 1 atom stereocenters. The molecule has 78 valence electrons. The predicted octanol–water partition coefficient (Wildman–Crippen LogP) is 1.20. The third-order valence-corrected chi connectivity index (χ3v) is 2.56. The molecule has 0 aliphatic heterocycles. The van der Waals surface area contributed by atoms with Crippen LogP contribution in [0.15, 0.2) is 0 Å². The van der Waals surface area contributed by atoms with Crippen molar-refractivity contribution < 1.29 is 14.6 Å². The van der Waals surface area contributed by atoms with Crippen molar-refractivity contribution in [2.45, 2.75) is 31.8 Å². The number of aliphatic hydroxyl groups excluding tert-OH is 1. The summed E-state index contributed by atoms with van der Waals surface area (Å²) in [5, 5.41) is 9.24. The van der Waals surface area contributed by atoms with Gasteiger partial charge >= 0.3 is 0 Å². The second-order valence-corrected chi connectivity index (χ2v) is 3.77. The van der Waals surface area contributed by atoms with Gasteiger partial charge in [0.2, 0.25) is 0 Å². The summed E-state index contributed by atoms with van der Waals surface area (Å²) in [4.78, 5) is 0. The Morgan fingerprint density at radius 1 is 1.38 bits per heavy atom. The van der Waals surface area contributed by atoms with Gasteiger partial charge in [-0.15, -0.1) is 0 Å². The molecule has 1 fully saturated rings. The minimum atomic E-state index is -0.466. The highest BCUT2D eigenvalue weighted by Gasteiger charge is 2.16. The van der Waals surface area contributed by atoms with Gasteiger partial charge in [0.15, 0.2) is 0 Å². The summed E-state index contributed by atoms with van der Waals surface area (Å²) >= 11 is 0. The third kappa shape index (κ3) is 4.60. The smallest absolute Gasteiger partial charge is 0.101 e. The molecule has 0 aromatic heterocycles. The monoisotopic (exact) mass is 188 g/mol. The quantitative estimate of drug-likeness (QED) is 0.610. The lowest BCUT2D eigenvalue weighted by molar-refractivity contribution is -0.0108. The van der Waals surface area contributed by atoms with E-state index in [9.17, 15) is 5.11 Å². The van der Waals surface area contributed by atoms with Crippen LogP contribution in [0.2, 0.25) is 0 Å². The molecule has 0 radical (unpaired) electrons. The Kier molecular flexibility index (Phi) is 5.35. The maximum absolute atomic E-state index is 9.24. The van der Waals surface area contributed by atoms with E-state index in [1.54, 1.807) is 7.11 Å². The van der Waals surface area contributed by atoms with Crippen LogP contribution in [0, 0.1) is 5.92 Å². The number of rotatable bonds is 7. The Hall–Kier alpha value is -0.120. The van der Waals surface area contributed by atoms with E-state index >= 15 is 0 Å². The Labute approximate surface area is 80.0 Å². The maximum Gasteiger partial charge on any atom is 0.101 e. The highest BCUT2D eigenvalue weighted by Crippen LogP contribution is 2.28. The summed E-state index contributed by atoms with van der Waals surface area (Å²) in [5.74, 6) is 0.888. The van der Waals surface area contributed by atoms with Gasteiger partial charge in [0, 0.05) is 13.7 Å². The SMILES string of the molecule is COCC(O)COCCC1CCC1. The molecule has 0 saturated heterocycles. The standard InChI is InChI=1S/C10H20O3/c1-12-7-10(11)8-13-6-5-9-3-2-4-9/h9-11H,2-8H2,1H3. The molecule has 3 heteroatoms. The molecular formula is C10H20O3. The van der Waals surface area contributed by atoms with Gasteiger partial charge in [0.05, 0.1) is 13.2 Å². The Morgan fingerprint density at radius 2 is 2.15 bits per heavy atom. The van der Waals surface area contributed by atoms with E-state index in [0.717, 1.165) is 18.9 Å². The van der Waals surface area contributed by atoms with Crippen molar-refractivity contribution in [2.24, 2.45) is 5.92 Å². The fourth-order valence-corrected chi connectivity index (χ4v) is 1.49. The molecule has 3 nitrogen and oxygen atoms in total. The molecule has 0 heterocycles. The maximum atomic E-state index is 9.24. The molecule has 13 heavy (non-hydrogen) atoms. The van der Waals surface area contributed by atoms with E-state index in [0.29, 0.717) is 13.2 Å². The van der Waals surface area contributed by atoms with E-state index in [1.807, 2.05) is 0 Å². The van der Waals surface area contributed by atoms with E-state index in [1.165, 1.54) is 19.3 Å². The first-order chi connectivity index (χ1) is 6.33. The largest absolute Gasteiger partial charge is 0.388 e. The highest BCUT2D eigenvalue weighted by molar-refractivity contribution is 4.68. The second kappa shape index (κ2) is 6.35. The number of methoxy groups -OCH3 is 1. The lowest BCUT2D eigenvalue weighted by Gasteiger charge is -2.25. The third-order valence-electron chi connectivity index (χ3n) is 2.56. The number of aliphatic hydroxyl groups is 1. The van der Waals surface area contributed by atoms with Gasteiger partial charge in [-0.25, -0.2) is 0 Å². The number of ether oxygens (including phenoxy) is 2. The van der Waals surface area contributed by atoms with Crippen LogP contribution in [0.5, 0.6) is 0 Å². The van der Waals surface area contributed by atoms with Crippen LogP contribution >= 0.6 is 0 Å². The minimum absolute atomic E-state index is 0.365. The van der Waals surface area contributed by atoms with Crippen molar-refractivity contribution in [3.8, 4) is 0 Å². The van der Waals surface area contributed by atoms with Gasteiger partial charge in [0.25, 0.3) is 0 Å². The molecule has 1 rings (SSSR count). The van der Waals surface area contributed by atoms with E-state index in [-0.39, 0.29) is 0 Å². The fourth-order valence-electron chi connectivity index (χ4n) is 1.49. The summed E-state index contributed by atoms with van der Waals surface area (Å²) in [5.41, 5.74) is 0. The summed E-state index contributed by atoms with van der Waals surface area (Å²) in [6.07, 6.45) is 4.80. The zero-order valence-electron chi connectivity index (χ0n) is 8.37. The second-order valence-electron chi connectivity index (χ2n) is 3.77. The molecule has 0 aromatic rings. The summed E-state index contributed by atoms with van der Waals surface area (Å²) < 4.78 is 10.1. The van der Waals surface area contributed by atoms with E-state index in [2.05, 4.69) is 0 Å². The van der Waals surface area contributed by atoms with Gasteiger partial charge in [-0.1, -0.05) is 19.3 Å². The van der Waals surface area contributed by atoms with E-state index in [4.69, 9.17) is 9.47 Å². The molecule has 1 N–H and O–H groups in total. The van der Waals surface area contributed by atoms with Crippen LogP contribution < -0.4 is 0 Å². The molecule has 0 amide bonds. The van der Waals surface area contributed by atoms with Crippen molar-refractivity contribution >= 4 is 0 Å². The molecule has 0 aromatic carbocycles. The Bertz CT molecular complexity index is 123. The van der Waals surface area contributed by atoms with Crippen LogP contribution in [0.4, 0.5) is 0 Å². The fraction of sp³-hybridized carbons (Fsp3) is 1.00. The average molecular weight is 188 g/mol. The van der Waals surface area contributed by atoms with Crippen molar-refractivity contribution in [3.63, 3.8) is 0 Å². The van der Waals surface area contributed by atoms with Crippen molar-refractivity contribution in [1.29, 1.82) is 0 Å². The molecule has 0 bridgehead atoms. The van der Waals surface area contributed by atoms with Gasteiger partial charge in [0.1, 0.15) is 6.10 Å². The lowest BCUT2D eigenvalue weighted by Crippen LogP contribution is -2.22.